The number of carboxylic acids is 1. The van der Waals surface area contributed by atoms with E-state index in [-0.39, 0.29) is 17.6 Å². The van der Waals surface area contributed by atoms with E-state index in [1.807, 2.05) is 36.4 Å². The van der Waals surface area contributed by atoms with Crippen molar-refractivity contribution in [2.75, 3.05) is 50.4 Å². The number of hydrogen-bond donors (Lipinski definition) is 3. The normalized spacial score (nSPS) is 19.2. The summed E-state index contributed by atoms with van der Waals surface area (Å²) in [6.07, 6.45) is 3.14. The van der Waals surface area contributed by atoms with Crippen molar-refractivity contribution in [1.82, 2.24) is 4.90 Å². The maximum Gasteiger partial charge on any atom is 0.341 e. The van der Waals surface area contributed by atoms with E-state index in [1.165, 1.54) is 11.9 Å². The van der Waals surface area contributed by atoms with Gasteiger partial charge in [-0.3, -0.25) is 0 Å². The van der Waals surface area contributed by atoms with Gasteiger partial charge in [-0.05, 0) is 70.0 Å². The van der Waals surface area contributed by atoms with Crippen LogP contribution in [0.15, 0.2) is 41.3 Å². The van der Waals surface area contributed by atoms with Gasteiger partial charge in [-0.15, -0.1) is 0 Å². The second kappa shape index (κ2) is 10.5. The Hall–Kier alpha value is -2.42. The van der Waals surface area contributed by atoms with Crippen LogP contribution in [-0.4, -0.2) is 62.5 Å². The molecule has 2 heterocycles. The molecule has 0 aromatic heterocycles. The van der Waals surface area contributed by atoms with Gasteiger partial charge in [0.05, 0.1) is 16.7 Å². The molecule has 32 heavy (non-hydrogen) atoms. The van der Waals surface area contributed by atoms with E-state index in [0.717, 1.165) is 48.5 Å². The first-order valence-corrected chi connectivity index (χ1v) is 11.9. The van der Waals surface area contributed by atoms with E-state index in [9.17, 15) is 9.90 Å². The van der Waals surface area contributed by atoms with Crippen molar-refractivity contribution in [1.29, 1.82) is 0 Å². The second-order valence-electron chi connectivity index (χ2n) is 8.46. The number of aromatic carboxylic acids is 1. The zero-order valence-corrected chi connectivity index (χ0v) is 19.4. The summed E-state index contributed by atoms with van der Waals surface area (Å²) in [5.41, 5.74) is 2.70. The van der Waals surface area contributed by atoms with E-state index >= 15 is 0 Å². The predicted molar refractivity (Wildman–Crippen MR) is 128 cm³/mol. The van der Waals surface area contributed by atoms with Crippen LogP contribution in [0.4, 0.5) is 11.4 Å². The third kappa shape index (κ3) is 5.14. The van der Waals surface area contributed by atoms with Crippen LogP contribution >= 0.6 is 11.9 Å². The number of benzene rings is 2. The van der Waals surface area contributed by atoms with Crippen molar-refractivity contribution in [2.45, 2.75) is 36.2 Å². The van der Waals surface area contributed by atoms with Gasteiger partial charge in [0.15, 0.2) is 0 Å². The molecule has 2 atom stereocenters. The van der Waals surface area contributed by atoms with Gasteiger partial charge in [0.25, 0.3) is 0 Å². The summed E-state index contributed by atoms with van der Waals surface area (Å²) >= 11 is 1.41. The number of nitrogens with one attached hydrogen (secondary N) is 2. The summed E-state index contributed by atoms with van der Waals surface area (Å²) in [4.78, 5) is 15.3. The minimum Gasteiger partial charge on any atom is -0.490 e. The zero-order valence-electron chi connectivity index (χ0n) is 18.6. The van der Waals surface area contributed by atoms with Crippen LogP contribution in [0, 0.1) is 0 Å². The van der Waals surface area contributed by atoms with E-state index in [0.29, 0.717) is 24.7 Å². The molecule has 172 valence electrons. The minimum atomic E-state index is -0.991. The molecule has 0 saturated carbocycles. The van der Waals surface area contributed by atoms with Gasteiger partial charge in [0.2, 0.25) is 0 Å². The maximum atomic E-state index is 12.1. The lowest BCUT2D eigenvalue weighted by atomic mass is 9.88. The van der Waals surface area contributed by atoms with Crippen molar-refractivity contribution in [2.24, 2.45) is 0 Å². The Bertz CT molecular complexity index is 953. The first kappa shape index (κ1) is 22.8. The van der Waals surface area contributed by atoms with Gasteiger partial charge >= 0.3 is 5.97 Å². The summed E-state index contributed by atoms with van der Waals surface area (Å²) in [7, 11) is 4.17. The molecular formula is C24H31N3O4S. The highest BCUT2D eigenvalue weighted by atomic mass is 32.2. The van der Waals surface area contributed by atoms with Crippen molar-refractivity contribution in [3.63, 3.8) is 0 Å². The fourth-order valence-corrected chi connectivity index (χ4v) is 5.05. The SMILES string of the molecule is CN(C)CCCCNc1ccccc1SNc1ccc2c(c1C(=O)O)OCC1OCCC21. The molecule has 7 nitrogen and oxygen atoms in total. The number of rotatable bonds is 10. The highest BCUT2D eigenvalue weighted by Gasteiger charge is 2.38. The Balaban J connectivity index is 1.46. The first-order valence-electron chi connectivity index (χ1n) is 11.1. The number of carboxylic acid groups (broad SMARTS) is 1. The lowest BCUT2D eigenvalue weighted by Crippen LogP contribution is -2.29. The summed E-state index contributed by atoms with van der Waals surface area (Å²) in [5, 5.41) is 13.4. The largest absolute Gasteiger partial charge is 0.490 e. The monoisotopic (exact) mass is 457 g/mol. The van der Waals surface area contributed by atoms with E-state index < -0.39 is 5.97 Å². The van der Waals surface area contributed by atoms with E-state index in [1.54, 1.807) is 0 Å². The highest BCUT2D eigenvalue weighted by molar-refractivity contribution is 8.00. The maximum absolute atomic E-state index is 12.1. The molecule has 0 aliphatic carbocycles. The quantitative estimate of drug-likeness (QED) is 0.355. The Morgan fingerprint density at radius 2 is 2.03 bits per heavy atom. The van der Waals surface area contributed by atoms with Crippen molar-refractivity contribution in [3.8, 4) is 5.75 Å². The zero-order chi connectivity index (χ0) is 22.5. The molecule has 8 heteroatoms. The average molecular weight is 458 g/mol. The summed E-state index contributed by atoms with van der Waals surface area (Å²) in [5.74, 6) is -0.312. The number of fused-ring (bicyclic) bond motifs is 3. The summed E-state index contributed by atoms with van der Waals surface area (Å²) in [6, 6.07) is 11.9. The topological polar surface area (TPSA) is 83.1 Å². The first-order chi connectivity index (χ1) is 15.5. The van der Waals surface area contributed by atoms with Crippen LogP contribution in [-0.2, 0) is 4.74 Å². The second-order valence-corrected chi connectivity index (χ2v) is 9.31. The van der Waals surface area contributed by atoms with Gasteiger partial charge in [-0.2, -0.15) is 0 Å². The Labute approximate surface area is 193 Å². The number of nitrogens with zero attached hydrogens (tertiary/aromatic N) is 1. The van der Waals surface area contributed by atoms with Gasteiger partial charge in [-0.25, -0.2) is 4.79 Å². The third-order valence-corrected chi connectivity index (χ3v) is 6.81. The number of ether oxygens (including phenoxy) is 2. The van der Waals surface area contributed by atoms with Crippen LogP contribution in [0.1, 0.15) is 41.1 Å². The van der Waals surface area contributed by atoms with Crippen molar-refractivity contribution < 1.29 is 19.4 Å². The number of para-hydroxylation sites is 1. The van der Waals surface area contributed by atoms with E-state index in [4.69, 9.17) is 9.47 Å². The van der Waals surface area contributed by atoms with Crippen LogP contribution in [0.5, 0.6) is 5.75 Å². The molecule has 0 bridgehead atoms. The van der Waals surface area contributed by atoms with Gasteiger partial charge in [0.1, 0.15) is 17.9 Å². The number of unbranched alkanes of at least 4 members (excludes halogenated alkanes) is 1. The van der Waals surface area contributed by atoms with Gasteiger partial charge in [0, 0.05) is 30.3 Å². The molecule has 1 saturated heterocycles. The van der Waals surface area contributed by atoms with Crippen LogP contribution < -0.4 is 14.8 Å². The molecule has 2 aromatic carbocycles. The number of carbonyl (C=O) groups is 1. The molecule has 2 aliphatic rings. The number of hydrogen-bond acceptors (Lipinski definition) is 7. The molecule has 2 aromatic rings. The fraction of sp³-hybridized carbons (Fsp3) is 0.458. The standard InChI is InChI=1S/C24H31N3O4S/c1-27(2)13-6-5-12-25-18-7-3-4-8-21(18)32-26-19-10-9-17-16-11-14-30-20(16)15-31-23(17)22(19)24(28)29/h3-4,7-10,16,20,25-26H,5-6,11-15H2,1-2H3,(H,28,29). The molecule has 0 radical (unpaired) electrons. The molecule has 4 rings (SSSR count). The van der Waals surface area contributed by atoms with Crippen molar-refractivity contribution >= 4 is 29.3 Å². The minimum absolute atomic E-state index is 0.0213. The van der Waals surface area contributed by atoms with Crippen LogP contribution in [0.25, 0.3) is 0 Å². The van der Waals surface area contributed by atoms with Crippen LogP contribution in [0.3, 0.4) is 0 Å². The molecule has 2 unspecified atom stereocenters. The predicted octanol–water partition coefficient (Wildman–Crippen LogP) is 4.52. The molecule has 0 amide bonds. The molecule has 3 N–H and O–H groups in total. The van der Waals surface area contributed by atoms with Crippen molar-refractivity contribution in [3.05, 3.63) is 47.5 Å². The highest BCUT2D eigenvalue weighted by Crippen LogP contribution is 2.45. The third-order valence-electron chi connectivity index (χ3n) is 5.91. The Morgan fingerprint density at radius 1 is 1.19 bits per heavy atom. The van der Waals surface area contributed by atoms with E-state index in [2.05, 4.69) is 29.0 Å². The Kier molecular flexibility index (Phi) is 7.44. The smallest absolute Gasteiger partial charge is 0.341 e. The lowest BCUT2D eigenvalue weighted by Gasteiger charge is -2.29. The molecular weight excluding hydrogens is 426 g/mol. The molecule has 0 spiro atoms. The fourth-order valence-electron chi connectivity index (χ4n) is 4.27. The summed E-state index contributed by atoms with van der Waals surface area (Å²) in [6.45, 7) is 3.05. The molecule has 1 fully saturated rings. The van der Waals surface area contributed by atoms with Gasteiger partial charge in [-0.1, -0.05) is 18.2 Å². The lowest BCUT2D eigenvalue weighted by molar-refractivity contribution is 0.0484. The molecule has 2 aliphatic heterocycles. The van der Waals surface area contributed by atoms with Gasteiger partial charge < -0.3 is 29.5 Å². The summed E-state index contributed by atoms with van der Waals surface area (Å²) < 4.78 is 14.8. The Morgan fingerprint density at radius 3 is 2.84 bits per heavy atom. The van der Waals surface area contributed by atoms with Crippen LogP contribution in [0.2, 0.25) is 0 Å². The number of anilines is 2. The average Bonchev–Trinajstić information content (AvgIpc) is 3.26.